The van der Waals surface area contributed by atoms with Crippen molar-refractivity contribution in [1.82, 2.24) is 0 Å². The first-order chi connectivity index (χ1) is 8.81. The first-order valence-corrected chi connectivity index (χ1v) is 8.87. The normalized spacial score (nSPS) is 26.4. The van der Waals surface area contributed by atoms with E-state index in [9.17, 15) is 0 Å². The topological polar surface area (TPSA) is 9.23 Å². The number of hydrogen-bond donors (Lipinski definition) is 0. The Bertz CT molecular complexity index is 262. The molecule has 18 heavy (non-hydrogen) atoms. The van der Waals surface area contributed by atoms with Crippen LogP contribution in [0.5, 0.6) is 0 Å². The Kier molecular flexibility index (Phi) is 5.96. The standard InChI is InChI=1S/C16H30OSi/c1-13(17-18)16(15-10-6-3-7-11-15)12-14-8-4-2-5-9-14/h12-15H,2-11H2,1,18H3. The van der Waals surface area contributed by atoms with Gasteiger partial charge in [0.2, 0.25) is 0 Å². The van der Waals surface area contributed by atoms with Gasteiger partial charge in [-0.3, -0.25) is 0 Å². The first-order valence-electron chi connectivity index (χ1n) is 8.05. The lowest BCUT2D eigenvalue weighted by Gasteiger charge is -2.30. The van der Waals surface area contributed by atoms with Crippen molar-refractivity contribution < 1.29 is 4.43 Å². The molecule has 0 radical (unpaired) electrons. The van der Waals surface area contributed by atoms with Gasteiger partial charge in [-0.05, 0) is 50.0 Å². The highest BCUT2D eigenvalue weighted by Gasteiger charge is 2.23. The molecule has 0 N–H and O–H groups in total. The van der Waals surface area contributed by atoms with Gasteiger partial charge in [-0.2, -0.15) is 0 Å². The van der Waals surface area contributed by atoms with E-state index >= 15 is 0 Å². The maximum Gasteiger partial charge on any atom is 0.146 e. The minimum Gasteiger partial charge on any atom is -0.422 e. The van der Waals surface area contributed by atoms with E-state index in [1.807, 2.05) is 0 Å². The molecule has 2 saturated carbocycles. The maximum atomic E-state index is 5.78. The summed E-state index contributed by atoms with van der Waals surface area (Å²) in [4.78, 5) is 0. The Labute approximate surface area is 116 Å². The van der Waals surface area contributed by atoms with E-state index in [2.05, 4.69) is 13.0 Å². The molecular formula is C16H30OSi. The number of hydrogen-bond acceptors (Lipinski definition) is 1. The summed E-state index contributed by atoms with van der Waals surface area (Å²) in [6.07, 6.45) is 17.3. The summed E-state index contributed by atoms with van der Waals surface area (Å²) in [5.74, 6) is 1.69. The van der Waals surface area contributed by atoms with Crippen molar-refractivity contribution in [2.45, 2.75) is 77.2 Å². The van der Waals surface area contributed by atoms with E-state index in [1.54, 1.807) is 5.57 Å². The van der Waals surface area contributed by atoms with E-state index < -0.39 is 0 Å². The highest BCUT2D eigenvalue weighted by atomic mass is 28.2. The van der Waals surface area contributed by atoms with Gasteiger partial charge in [0, 0.05) is 0 Å². The molecule has 2 aliphatic carbocycles. The molecular weight excluding hydrogens is 236 g/mol. The molecule has 0 aromatic heterocycles. The summed E-state index contributed by atoms with van der Waals surface area (Å²) >= 11 is 0. The van der Waals surface area contributed by atoms with Crippen molar-refractivity contribution in [2.75, 3.05) is 0 Å². The molecule has 0 heterocycles. The van der Waals surface area contributed by atoms with Crippen molar-refractivity contribution in [2.24, 2.45) is 11.8 Å². The fraction of sp³-hybridized carbons (Fsp3) is 0.875. The van der Waals surface area contributed by atoms with Gasteiger partial charge in [0.25, 0.3) is 0 Å². The quantitative estimate of drug-likeness (QED) is 0.556. The van der Waals surface area contributed by atoms with Crippen LogP contribution in [0.25, 0.3) is 0 Å². The second-order valence-electron chi connectivity index (χ2n) is 6.28. The molecule has 2 rings (SSSR count). The smallest absolute Gasteiger partial charge is 0.146 e. The van der Waals surface area contributed by atoms with Crippen molar-refractivity contribution in [3.05, 3.63) is 11.6 Å². The fourth-order valence-electron chi connectivity index (χ4n) is 3.75. The van der Waals surface area contributed by atoms with E-state index in [1.165, 1.54) is 64.2 Å². The predicted molar refractivity (Wildman–Crippen MR) is 81.7 cm³/mol. The van der Waals surface area contributed by atoms with Crippen LogP contribution in [0.1, 0.15) is 71.1 Å². The second-order valence-corrected chi connectivity index (χ2v) is 6.75. The zero-order valence-corrected chi connectivity index (χ0v) is 14.3. The summed E-state index contributed by atoms with van der Waals surface area (Å²) in [7, 11) is 0.869. The number of allylic oxidation sites excluding steroid dienone is 1. The van der Waals surface area contributed by atoms with Crippen LogP contribution < -0.4 is 0 Å². The predicted octanol–water partition coefficient (Wildman–Crippen LogP) is 3.76. The van der Waals surface area contributed by atoms with E-state index in [-0.39, 0.29) is 0 Å². The average Bonchev–Trinajstić information content (AvgIpc) is 2.46. The molecule has 0 amide bonds. The Morgan fingerprint density at radius 2 is 1.56 bits per heavy atom. The van der Waals surface area contributed by atoms with Crippen molar-refractivity contribution in [3.8, 4) is 0 Å². The van der Waals surface area contributed by atoms with E-state index in [4.69, 9.17) is 4.43 Å². The molecule has 2 fully saturated rings. The minimum atomic E-state index is 0.390. The maximum absolute atomic E-state index is 5.78. The highest BCUT2D eigenvalue weighted by Crippen LogP contribution is 2.35. The van der Waals surface area contributed by atoms with Crippen LogP contribution in [0.3, 0.4) is 0 Å². The summed E-state index contributed by atoms with van der Waals surface area (Å²) < 4.78 is 5.78. The highest BCUT2D eigenvalue weighted by molar-refractivity contribution is 5.98. The summed E-state index contributed by atoms with van der Waals surface area (Å²) in [5, 5.41) is 0. The van der Waals surface area contributed by atoms with Gasteiger partial charge in [-0.15, -0.1) is 0 Å². The van der Waals surface area contributed by atoms with Crippen molar-refractivity contribution >= 4 is 10.5 Å². The van der Waals surface area contributed by atoms with Crippen LogP contribution in [-0.2, 0) is 4.43 Å². The van der Waals surface area contributed by atoms with Gasteiger partial charge >= 0.3 is 0 Å². The summed E-state index contributed by atoms with van der Waals surface area (Å²) in [6, 6.07) is 0. The zero-order valence-electron chi connectivity index (χ0n) is 12.3. The van der Waals surface area contributed by atoms with E-state index in [0.717, 1.165) is 22.3 Å². The van der Waals surface area contributed by atoms with Crippen LogP contribution in [0.15, 0.2) is 11.6 Å². The molecule has 0 aromatic rings. The van der Waals surface area contributed by atoms with Gasteiger partial charge in [0.1, 0.15) is 10.5 Å². The molecule has 1 atom stereocenters. The molecule has 0 aliphatic heterocycles. The van der Waals surface area contributed by atoms with Gasteiger partial charge in [0.15, 0.2) is 0 Å². The molecule has 2 aliphatic rings. The van der Waals surface area contributed by atoms with E-state index in [0.29, 0.717) is 6.10 Å². The molecule has 0 spiro atoms. The first kappa shape index (κ1) is 14.3. The molecule has 1 nitrogen and oxygen atoms in total. The lowest BCUT2D eigenvalue weighted by atomic mass is 9.78. The molecule has 2 heteroatoms. The Balaban J connectivity index is 2.04. The lowest BCUT2D eigenvalue weighted by molar-refractivity contribution is 0.245. The van der Waals surface area contributed by atoms with Gasteiger partial charge in [0.05, 0.1) is 6.10 Å². The third-order valence-electron chi connectivity index (χ3n) is 4.98. The van der Waals surface area contributed by atoms with Crippen LogP contribution in [0.2, 0.25) is 0 Å². The monoisotopic (exact) mass is 266 g/mol. The fourth-order valence-corrected chi connectivity index (χ4v) is 4.02. The van der Waals surface area contributed by atoms with Crippen molar-refractivity contribution in [1.29, 1.82) is 0 Å². The molecule has 1 unspecified atom stereocenters. The third-order valence-corrected chi connectivity index (χ3v) is 5.68. The van der Waals surface area contributed by atoms with Crippen LogP contribution in [0, 0.1) is 11.8 Å². The lowest BCUT2D eigenvalue weighted by Crippen LogP contribution is -2.21. The number of rotatable bonds is 4. The SMILES string of the molecule is CC(O[SiH3])C(=CC1CCCCC1)C1CCCCC1. The molecule has 0 saturated heterocycles. The largest absolute Gasteiger partial charge is 0.422 e. The van der Waals surface area contributed by atoms with Crippen LogP contribution >= 0.6 is 0 Å². The molecule has 104 valence electrons. The van der Waals surface area contributed by atoms with Gasteiger partial charge in [-0.1, -0.05) is 44.6 Å². The summed E-state index contributed by atoms with van der Waals surface area (Å²) in [5.41, 5.74) is 1.66. The third kappa shape index (κ3) is 3.96. The van der Waals surface area contributed by atoms with Crippen LogP contribution in [-0.4, -0.2) is 16.6 Å². The van der Waals surface area contributed by atoms with Crippen molar-refractivity contribution in [3.63, 3.8) is 0 Å². The van der Waals surface area contributed by atoms with Crippen LogP contribution in [0.4, 0.5) is 0 Å². The Morgan fingerprint density at radius 1 is 1.00 bits per heavy atom. The zero-order chi connectivity index (χ0) is 12.8. The minimum absolute atomic E-state index is 0.390. The second kappa shape index (κ2) is 7.49. The van der Waals surface area contributed by atoms with Gasteiger partial charge < -0.3 is 4.43 Å². The molecule has 0 aromatic carbocycles. The molecule has 0 bridgehead atoms. The average molecular weight is 267 g/mol. The van der Waals surface area contributed by atoms with Gasteiger partial charge in [-0.25, -0.2) is 0 Å². The Hall–Kier alpha value is -0.0831. The Morgan fingerprint density at radius 3 is 2.11 bits per heavy atom. The summed E-state index contributed by atoms with van der Waals surface area (Å²) in [6.45, 7) is 2.27.